The van der Waals surface area contributed by atoms with Gasteiger partial charge in [-0.3, -0.25) is 4.79 Å². The third kappa shape index (κ3) is 6.63. The van der Waals surface area contributed by atoms with Gasteiger partial charge in [0.15, 0.2) is 0 Å². The fraction of sp³-hybridized carbons (Fsp3) is 0.167. The smallest absolute Gasteiger partial charge is 0.225 e. The Hall–Kier alpha value is -4.19. The molecule has 0 aliphatic rings. The number of nitrogens with zero attached hydrogens (tertiary/aromatic N) is 2. The van der Waals surface area contributed by atoms with Crippen LogP contribution in [0.4, 0.5) is 5.69 Å². The molecule has 4 aromatic rings. The van der Waals surface area contributed by atoms with E-state index in [4.69, 9.17) is 30.8 Å². The van der Waals surface area contributed by atoms with Gasteiger partial charge in [0.2, 0.25) is 5.91 Å². The zero-order chi connectivity index (χ0) is 27.8. The van der Waals surface area contributed by atoms with Gasteiger partial charge in [0.1, 0.15) is 28.3 Å². The number of anilines is 1. The maximum atomic E-state index is 12.8. The number of amides is 1. The molecule has 198 valence electrons. The minimum absolute atomic E-state index is 0.178. The second kappa shape index (κ2) is 13.1. The van der Waals surface area contributed by atoms with E-state index >= 15 is 0 Å². The summed E-state index contributed by atoms with van der Waals surface area (Å²) in [5.74, 6) is 1.79. The Bertz CT molecular complexity index is 1510. The van der Waals surface area contributed by atoms with Crippen molar-refractivity contribution in [3.63, 3.8) is 0 Å². The fourth-order valence-corrected chi connectivity index (χ4v) is 5.08. The second-order valence-corrected chi connectivity index (χ2v) is 9.77. The summed E-state index contributed by atoms with van der Waals surface area (Å²) < 4.78 is 15.9. The summed E-state index contributed by atoms with van der Waals surface area (Å²) in [5.41, 5.74) is 4.20. The lowest BCUT2D eigenvalue weighted by molar-refractivity contribution is -0.115. The monoisotopic (exact) mass is 559 g/mol. The molecule has 7 nitrogen and oxygen atoms in total. The van der Waals surface area contributed by atoms with Gasteiger partial charge in [-0.1, -0.05) is 54.1 Å². The molecule has 1 heterocycles. The Kier molecular flexibility index (Phi) is 9.31. The number of methoxy groups -OCH3 is 3. The van der Waals surface area contributed by atoms with Crippen molar-refractivity contribution >= 4 is 35.0 Å². The topological polar surface area (TPSA) is 93.5 Å². The van der Waals surface area contributed by atoms with Gasteiger partial charge in [-0.25, -0.2) is 4.98 Å². The summed E-state index contributed by atoms with van der Waals surface area (Å²) in [7, 11) is 4.62. The number of nitrogens with one attached hydrogen (secondary N) is 1. The average molecular weight is 560 g/mol. The van der Waals surface area contributed by atoms with E-state index in [9.17, 15) is 10.1 Å². The van der Waals surface area contributed by atoms with Crippen LogP contribution in [0, 0.1) is 11.3 Å². The first kappa shape index (κ1) is 27.8. The standard InChI is InChI=1S/C30H26ClN3O4S/c1-36-21-11-9-19(10-12-21)22-15-25(20-7-5-4-6-8-20)34-30(23(22)18-32)39-14-13-29(35)33-26-16-24(31)27(37-2)17-28(26)38-3/h4-12,15-17H,13-14H2,1-3H3,(H,33,35). The van der Waals surface area contributed by atoms with Crippen LogP contribution in [0.2, 0.25) is 5.02 Å². The van der Waals surface area contributed by atoms with Crippen LogP contribution in [0.15, 0.2) is 77.8 Å². The zero-order valence-electron chi connectivity index (χ0n) is 21.7. The first-order valence-electron chi connectivity index (χ1n) is 12.0. The van der Waals surface area contributed by atoms with E-state index in [1.807, 2.05) is 60.7 Å². The number of halogens is 1. The number of pyridine rings is 1. The molecule has 0 bridgehead atoms. The first-order valence-corrected chi connectivity index (χ1v) is 13.3. The van der Waals surface area contributed by atoms with E-state index in [2.05, 4.69) is 11.4 Å². The van der Waals surface area contributed by atoms with Crippen molar-refractivity contribution in [3.8, 4) is 45.7 Å². The molecule has 0 spiro atoms. The lowest BCUT2D eigenvalue weighted by atomic mass is 9.99. The van der Waals surface area contributed by atoms with E-state index in [1.54, 1.807) is 19.2 Å². The predicted molar refractivity (Wildman–Crippen MR) is 155 cm³/mol. The van der Waals surface area contributed by atoms with Crippen molar-refractivity contribution in [3.05, 3.63) is 83.4 Å². The highest BCUT2D eigenvalue weighted by molar-refractivity contribution is 7.99. The SMILES string of the molecule is COc1ccc(-c2cc(-c3ccccc3)nc(SCCC(=O)Nc3cc(Cl)c(OC)cc3OC)c2C#N)cc1. The van der Waals surface area contributed by atoms with E-state index in [-0.39, 0.29) is 12.3 Å². The van der Waals surface area contributed by atoms with Crippen LogP contribution < -0.4 is 19.5 Å². The van der Waals surface area contributed by atoms with Crippen molar-refractivity contribution < 1.29 is 19.0 Å². The molecule has 1 amide bonds. The molecule has 0 atom stereocenters. The molecule has 0 unspecified atom stereocenters. The van der Waals surface area contributed by atoms with Gasteiger partial charge in [0.25, 0.3) is 0 Å². The lowest BCUT2D eigenvalue weighted by Gasteiger charge is -2.14. The maximum Gasteiger partial charge on any atom is 0.225 e. The summed E-state index contributed by atoms with van der Waals surface area (Å²) >= 11 is 7.58. The molecule has 0 aliphatic carbocycles. The minimum Gasteiger partial charge on any atom is -0.497 e. The molecule has 0 saturated carbocycles. The molecule has 1 aromatic heterocycles. The van der Waals surface area contributed by atoms with Crippen molar-refractivity contribution in [2.45, 2.75) is 11.4 Å². The molecule has 0 saturated heterocycles. The highest BCUT2D eigenvalue weighted by Gasteiger charge is 2.17. The third-order valence-electron chi connectivity index (χ3n) is 5.88. The normalized spacial score (nSPS) is 10.4. The highest BCUT2D eigenvalue weighted by Crippen LogP contribution is 2.37. The Labute approximate surface area is 236 Å². The van der Waals surface area contributed by atoms with Crippen LogP contribution in [-0.4, -0.2) is 38.0 Å². The van der Waals surface area contributed by atoms with Gasteiger partial charge in [-0.2, -0.15) is 5.26 Å². The molecular weight excluding hydrogens is 534 g/mol. The molecule has 39 heavy (non-hydrogen) atoms. The van der Waals surface area contributed by atoms with Gasteiger partial charge in [-0.05, 0) is 29.8 Å². The predicted octanol–water partition coefficient (Wildman–Crippen LogP) is 7.09. The van der Waals surface area contributed by atoms with Gasteiger partial charge < -0.3 is 19.5 Å². The average Bonchev–Trinajstić information content (AvgIpc) is 2.97. The van der Waals surface area contributed by atoms with E-state index in [1.165, 1.54) is 26.0 Å². The Balaban J connectivity index is 1.58. The Morgan fingerprint density at radius 1 is 0.949 bits per heavy atom. The summed E-state index contributed by atoms with van der Waals surface area (Å²) in [4.78, 5) is 17.6. The molecule has 4 rings (SSSR count). The largest absolute Gasteiger partial charge is 0.497 e. The van der Waals surface area contributed by atoms with Crippen LogP contribution in [0.25, 0.3) is 22.4 Å². The third-order valence-corrected chi connectivity index (χ3v) is 7.16. The number of benzene rings is 3. The number of carbonyl (C=O) groups excluding carboxylic acids is 1. The molecule has 0 radical (unpaired) electrons. The van der Waals surface area contributed by atoms with Crippen molar-refractivity contribution in [1.82, 2.24) is 4.98 Å². The molecular formula is C30H26ClN3O4S. The molecule has 1 N–H and O–H groups in total. The number of hydrogen-bond acceptors (Lipinski definition) is 7. The summed E-state index contributed by atoms with van der Waals surface area (Å²) in [5, 5.41) is 13.9. The Morgan fingerprint density at radius 3 is 2.31 bits per heavy atom. The summed E-state index contributed by atoms with van der Waals surface area (Å²) in [6.45, 7) is 0. The fourth-order valence-electron chi connectivity index (χ4n) is 3.90. The highest BCUT2D eigenvalue weighted by atomic mass is 35.5. The first-order chi connectivity index (χ1) is 19.0. The number of aromatic nitrogens is 1. The number of ether oxygens (including phenoxy) is 3. The van der Waals surface area contributed by atoms with Gasteiger partial charge in [-0.15, -0.1) is 11.8 Å². The molecule has 0 fully saturated rings. The van der Waals surface area contributed by atoms with E-state index < -0.39 is 0 Å². The van der Waals surface area contributed by atoms with Crippen LogP contribution in [0.3, 0.4) is 0 Å². The summed E-state index contributed by atoms with van der Waals surface area (Å²) in [6.07, 6.45) is 0.178. The molecule has 3 aromatic carbocycles. The van der Waals surface area contributed by atoms with Crippen molar-refractivity contribution in [1.29, 1.82) is 5.26 Å². The van der Waals surface area contributed by atoms with Gasteiger partial charge >= 0.3 is 0 Å². The van der Waals surface area contributed by atoms with Crippen LogP contribution >= 0.6 is 23.4 Å². The molecule has 0 aliphatic heterocycles. The van der Waals surface area contributed by atoms with Crippen molar-refractivity contribution in [2.75, 3.05) is 32.4 Å². The van der Waals surface area contributed by atoms with Crippen molar-refractivity contribution in [2.24, 2.45) is 0 Å². The number of rotatable bonds is 10. The lowest BCUT2D eigenvalue weighted by Crippen LogP contribution is -2.13. The number of thioether (sulfide) groups is 1. The number of hydrogen-bond donors (Lipinski definition) is 1. The van der Waals surface area contributed by atoms with E-state index in [0.717, 1.165) is 28.1 Å². The Morgan fingerprint density at radius 2 is 1.67 bits per heavy atom. The number of nitriles is 1. The van der Waals surface area contributed by atoms with E-state index in [0.29, 0.717) is 38.6 Å². The molecule has 9 heteroatoms. The van der Waals surface area contributed by atoms with Crippen LogP contribution in [0.1, 0.15) is 12.0 Å². The zero-order valence-corrected chi connectivity index (χ0v) is 23.2. The quantitative estimate of drug-likeness (QED) is 0.207. The van der Waals surface area contributed by atoms with Gasteiger partial charge in [0.05, 0.1) is 43.3 Å². The van der Waals surface area contributed by atoms with Crippen LogP contribution in [0.5, 0.6) is 17.2 Å². The number of carbonyl (C=O) groups is 1. The minimum atomic E-state index is -0.227. The second-order valence-electron chi connectivity index (χ2n) is 8.28. The summed E-state index contributed by atoms with van der Waals surface area (Å²) in [6, 6.07) is 24.8. The van der Waals surface area contributed by atoms with Crippen LogP contribution in [-0.2, 0) is 4.79 Å². The van der Waals surface area contributed by atoms with Gasteiger partial charge in [0, 0.05) is 29.4 Å². The maximum absolute atomic E-state index is 12.8.